The van der Waals surface area contributed by atoms with Gasteiger partial charge in [-0.1, -0.05) is 41.6 Å². The summed E-state index contributed by atoms with van der Waals surface area (Å²) < 4.78 is 0. The number of nitrogens with one attached hydrogen (secondary N) is 2. The summed E-state index contributed by atoms with van der Waals surface area (Å²) >= 11 is 1.39. The summed E-state index contributed by atoms with van der Waals surface area (Å²) in [6, 6.07) is 13.0. The molecule has 0 aliphatic carbocycles. The molecule has 8 heteroatoms. The molecule has 2 aliphatic rings. The molecule has 0 radical (unpaired) electrons. The molecule has 3 heterocycles. The van der Waals surface area contributed by atoms with E-state index in [0.29, 0.717) is 23.1 Å². The van der Waals surface area contributed by atoms with Crippen LogP contribution in [0.15, 0.2) is 35.3 Å². The van der Waals surface area contributed by atoms with Crippen LogP contribution in [0.5, 0.6) is 0 Å². The van der Waals surface area contributed by atoms with Crippen molar-refractivity contribution < 1.29 is 4.79 Å². The molecule has 2 atom stereocenters. The lowest BCUT2D eigenvalue weighted by Gasteiger charge is -2.28. The average Bonchev–Trinajstić information content (AvgIpc) is 3.45. The summed E-state index contributed by atoms with van der Waals surface area (Å²) in [5.74, 6) is 1.23. The lowest BCUT2D eigenvalue weighted by atomic mass is 10.0. The number of amides is 1. The number of benzene rings is 1. The van der Waals surface area contributed by atoms with E-state index in [1.807, 2.05) is 13.0 Å². The molecule has 0 spiro atoms. The normalized spacial score (nSPS) is 20.3. The van der Waals surface area contributed by atoms with Gasteiger partial charge in [-0.3, -0.25) is 9.79 Å². The molecule has 2 aromatic rings. The third kappa shape index (κ3) is 4.37. The second-order valence-electron chi connectivity index (χ2n) is 7.85. The van der Waals surface area contributed by atoms with Crippen molar-refractivity contribution in [3.8, 4) is 6.07 Å². The summed E-state index contributed by atoms with van der Waals surface area (Å²) in [6.45, 7) is 5.32. The molecule has 1 saturated heterocycles. The molecular weight excluding hydrogens is 408 g/mol. The minimum absolute atomic E-state index is 0.147. The van der Waals surface area contributed by atoms with E-state index < -0.39 is 0 Å². The maximum Gasteiger partial charge on any atom is 0.251 e. The molecule has 1 amide bonds. The molecule has 2 N–H and O–H groups in total. The molecule has 1 fully saturated rings. The Bertz CT molecular complexity index is 1060. The molecule has 1 aromatic carbocycles. The van der Waals surface area contributed by atoms with Crippen molar-refractivity contribution in [2.45, 2.75) is 38.0 Å². The number of rotatable bonds is 4. The molecule has 0 saturated carbocycles. The Labute approximate surface area is 187 Å². The van der Waals surface area contributed by atoms with Gasteiger partial charge in [-0.25, -0.2) is 4.98 Å². The van der Waals surface area contributed by atoms with Crippen LogP contribution < -0.4 is 15.5 Å². The van der Waals surface area contributed by atoms with Crippen LogP contribution in [0.2, 0.25) is 0 Å². The van der Waals surface area contributed by atoms with E-state index in [-0.39, 0.29) is 17.2 Å². The van der Waals surface area contributed by atoms with Gasteiger partial charge in [-0.15, -0.1) is 0 Å². The predicted octanol–water partition coefficient (Wildman–Crippen LogP) is 3.81. The Hall–Kier alpha value is -3.05. The van der Waals surface area contributed by atoms with E-state index in [4.69, 9.17) is 10.2 Å². The molecule has 2 aliphatic heterocycles. The lowest BCUT2D eigenvalue weighted by molar-refractivity contribution is 0.0962. The zero-order valence-electron chi connectivity index (χ0n) is 18.0. The van der Waals surface area contributed by atoms with Gasteiger partial charge >= 0.3 is 0 Å². The van der Waals surface area contributed by atoms with Crippen molar-refractivity contribution in [1.82, 2.24) is 10.3 Å². The highest BCUT2D eigenvalue weighted by Crippen LogP contribution is 2.37. The number of carbonyl (C=O) groups is 1. The van der Waals surface area contributed by atoms with E-state index in [9.17, 15) is 4.79 Å². The Kier molecular flexibility index (Phi) is 6.14. The van der Waals surface area contributed by atoms with Crippen LogP contribution in [0.4, 0.5) is 11.6 Å². The number of thioether (sulfide) groups is 1. The first-order valence-corrected chi connectivity index (χ1v) is 11.3. The Balaban J connectivity index is 1.70. The number of aryl methyl sites for hydroxylation is 1. The number of hydrogen-bond acceptors (Lipinski definition) is 7. The second-order valence-corrected chi connectivity index (χ2v) is 9.04. The van der Waals surface area contributed by atoms with E-state index in [0.717, 1.165) is 30.8 Å². The largest absolute Gasteiger partial charge is 0.355 e. The molecule has 4 rings (SSSR count). The lowest BCUT2D eigenvalue weighted by Crippen LogP contribution is -2.26. The summed E-state index contributed by atoms with van der Waals surface area (Å²) in [7, 11) is 1.63. The Morgan fingerprint density at radius 1 is 1.29 bits per heavy atom. The fraction of sp³-hybridized carbons (Fsp3) is 0.391. The SMILES string of the molecule is CNC(=O)c1cc(N2CCC[C@H]2c2ccc(C)cc2)nc(NC2=NCC(C#N)S2)c1C. The number of nitriles is 1. The second kappa shape index (κ2) is 8.98. The fourth-order valence-electron chi connectivity index (χ4n) is 4.02. The number of carbonyl (C=O) groups excluding carboxylic acids is 1. The number of aromatic nitrogens is 1. The molecule has 1 aromatic heterocycles. The number of nitrogens with zero attached hydrogens (tertiary/aromatic N) is 4. The summed E-state index contributed by atoms with van der Waals surface area (Å²) in [6.07, 6.45) is 2.11. The first-order chi connectivity index (χ1) is 15.0. The van der Waals surface area contributed by atoms with E-state index >= 15 is 0 Å². The van der Waals surface area contributed by atoms with Crippen molar-refractivity contribution in [1.29, 1.82) is 5.26 Å². The van der Waals surface area contributed by atoms with E-state index in [1.54, 1.807) is 7.05 Å². The zero-order chi connectivity index (χ0) is 22.0. The molecule has 0 bridgehead atoms. The Morgan fingerprint density at radius 2 is 2.06 bits per heavy atom. The number of pyridine rings is 1. The third-order valence-corrected chi connectivity index (χ3v) is 6.76. The van der Waals surface area contributed by atoms with Crippen LogP contribution in [0.3, 0.4) is 0 Å². The van der Waals surface area contributed by atoms with Gasteiger partial charge in [0.2, 0.25) is 0 Å². The van der Waals surface area contributed by atoms with Crippen LogP contribution >= 0.6 is 11.8 Å². The topological polar surface area (TPSA) is 93.4 Å². The van der Waals surface area contributed by atoms with Gasteiger partial charge in [-0.05, 0) is 38.3 Å². The summed E-state index contributed by atoms with van der Waals surface area (Å²) in [5.41, 5.74) is 3.84. The first-order valence-electron chi connectivity index (χ1n) is 10.4. The van der Waals surface area contributed by atoms with Crippen LogP contribution in [0.25, 0.3) is 0 Å². The van der Waals surface area contributed by atoms with Gasteiger partial charge in [0, 0.05) is 24.7 Å². The van der Waals surface area contributed by atoms with Gasteiger partial charge in [0.15, 0.2) is 5.17 Å². The Morgan fingerprint density at radius 3 is 2.74 bits per heavy atom. The van der Waals surface area contributed by atoms with E-state index in [2.05, 4.69) is 57.8 Å². The molecule has 160 valence electrons. The van der Waals surface area contributed by atoms with Crippen molar-refractivity contribution >= 4 is 34.5 Å². The smallest absolute Gasteiger partial charge is 0.251 e. The van der Waals surface area contributed by atoms with Crippen LogP contribution in [0.1, 0.15) is 45.9 Å². The monoisotopic (exact) mass is 434 g/mol. The zero-order valence-corrected chi connectivity index (χ0v) is 18.8. The quantitative estimate of drug-likeness (QED) is 0.760. The first kappa shape index (κ1) is 21.2. The maximum absolute atomic E-state index is 12.6. The number of amidine groups is 1. The number of aliphatic imine (C=N–C) groups is 1. The molecule has 1 unspecified atom stereocenters. The molecule has 31 heavy (non-hydrogen) atoms. The maximum atomic E-state index is 12.6. The minimum Gasteiger partial charge on any atom is -0.355 e. The average molecular weight is 435 g/mol. The van der Waals surface area contributed by atoms with Crippen LogP contribution in [-0.4, -0.2) is 41.4 Å². The van der Waals surface area contributed by atoms with Crippen molar-refractivity contribution in [3.63, 3.8) is 0 Å². The fourth-order valence-corrected chi connectivity index (χ4v) is 4.80. The van der Waals surface area contributed by atoms with Gasteiger partial charge in [0.1, 0.15) is 16.9 Å². The highest BCUT2D eigenvalue weighted by molar-refractivity contribution is 8.15. The number of anilines is 2. The van der Waals surface area contributed by atoms with Gasteiger partial charge < -0.3 is 15.5 Å². The molecule has 7 nitrogen and oxygen atoms in total. The molecular formula is C23H26N6OS. The van der Waals surface area contributed by atoms with Crippen LogP contribution in [-0.2, 0) is 0 Å². The van der Waals surface area contributed by atoms with Crippen molar-refractivity contribution in [3.05, 3.63) is 52.6 Å². The van der Waals surface area contributed by atoms with E-state index in [1.165, 1.54) is 22.9 Å². The standard InChI is InChI=1S/C23H26N6OS/c1-14-6-8-16(9-7-14)19-5-4-10-29(19)20-11-18(22(30)25-3)15(2)21(27-20)28-23-26-13-17(12-24)31-23/h6-9,11,17,19H,4-5,10,13H2,1-3H3,(H,25,30)(H,26,27,28)/t17?,19-/m0/s1. The predicted molar refractivity (Wildman–Crippen MR) is 126 cm³/mol. The summed E-state index contributed by atoms with van der Waals surface area (Å²) in [5, 5.41) is 15.6. The van der Waals surface area contributed by atoms with Gasteiger partial charge in [0.05, 0.1) is 18.7 Å². The van der Waals surface area contributed by atoms with Gasteiger partial charge in [0.25, 0.3) is 5.91 Å². The third-order valence-electron chi connectivity index (χ3n) is 5.76. The highest BCUT2D eigenvalue weighted by Gasteiger charge is 2.29. The number of hydrogen-bond donors (Lipinski definition) is 2. The van der Waals surface area contributed by atoms with Crippen LogP contribution in [0, 0.1) is 25.2 Å². The van der Waals surface area contributed by atoms with Crippen molar-refractivity contribution in [2.75, 3.05) is 30.4 Å². The van der Waals surface area contributed by atoms with Crippen molar-refractivity contribution in [2.24, 2.45) is 4.99 Å². The van der Waals surface area contributed by atoms with Gasteiger partial charge in [-0.2, -0.15) is 5.26 Å². The highest BCUT2D eigenvalue weighted by atomic mass is 32.2. The minimum atomic E-state index is -0.186. The summed E-state index contributed by atoms with van der Waals surface area (Å²) in [4.78, 5) is 24.2.